The van der Waals surface area contributed by atoms with Gasteiger partial charge in [0.25, 0.3) is 0 Å². The number of rotatable bonds is 6. The van der Waals surface area contributed by atoms with Gasteiger partial charge in [-0.05, 0) is 25.0 Å². The van der Waals surface area contributed by atoms with Gasteiger partial charge in [0.1, 0.15) is 12.4 Å². The Labute approximate surface area is 177 Å². The fourth-order valence-corrected chi connectivity index (χ4v) is 3.06. The van der Waals surface area contributed by atoms with Gasteiger partial charge in [-0.25, -0.2) is 0 Å². The molecular formula is C18H28IN7O. The van der Waals surface area contributed by atoms with Crippen LogP contribution in [-0.2, 0) is 7.05 Å². The second-order valence-electron chi connectivity index (χ2n) is 6.34. The molecule has 0 bridgehead atoms. The van der Waals surface area contributed by atoms with Crippen molar-refractivity contribution in [1.82, 2.24) is 25.4 Å². The number of pyridine rings is 1. The number of nitrogens with one attached hydrogen (secondary N) is 2. The Bertz CT molecular complexity index is 707. The number of piperidine rings is 1. The lowest BCUT2D eigenvalue weighted by atomic mass is 10.1. The van der Waals surface area contributed by atoms with E-state index in [1.54, 1.807) is 19.4 Å². The van der Waals surface area contributed by atoms with Gasteiger partial charge in [0, 0.05) is 45.6 Å². The van der Waals surface area contributed by atoms with Crippen LogP contribution in [0.3, 0.4) is 0 Å². The van der Waals surface area contributed by atoms with E-state index in [1.807, 2.05) is 30.1 Å². The zero-order valence-electron chi connectivity index (χ0n) is 15.8. The third-order valence-electron chi connectivity index (χ3n) is 4.34. The van der Waals surface area contributed by atoms with Crippen molar-refractivity contribution in [3.8, 4) is 5.75 Å². The van der Waals surface area contributed by atoms with Crippen molar-refractivity contribution < 1.29 is 4.74 Å². The first-order valence-electron chi connectivity index (χ1n) is 8.98. The van der Waals surface area contributed by atoms with E-state index >= 15 is 0 Å². The van der Waals surface area contributed by atoms with E-state index in [1.165, 1.54) is 5.69 Å². The second-order valence-corrected chi connectivity index (χ2v) is 6.34. The Morgan fingerprint density at radius 1 is 1.41 bits per heavy atom. The summed E-state index contributed by atoms with van der Waals surface area (Å²) in [5.74, 6) is 1.58. The minimum Gasteiger partial charge on any atom is -0.490 e. The highest BCUT2D eigenvalue weighted by molar-refractivity contribution is 14.0. The van der Waals surface area contributed by atoms with Gasteiger partial charge < -0.3 is 20.3 Å². The molecule has 9 heteroatoms. The van der Waals surface area contributed by atoms with Gasteiger partial charge in [-0.2, -0.15) is 5.10 Å². The number of nitrogens with zero attached hydrogens (tertiary/aromatic N) is 5. The summed E-state index contributed by atoms with van der Waals surface area (Å²) in [4.78, 5) is 10.7. The number of aromatic nitrogens is 3. The first-order valence-corrected chi connectivity index (χ1v) is 8.98. The van der Waals surface area contributed by atoms with Gasteiger partial charge in [0.05, 0.1) is 24.6 Å². The molecule has 0 saturated carbocycles. The van der Waals surface area contributed by atoms with E-state index in [-0.39, 0.29) is 24.0 Å². The molecule has 1 fully saturated rings. The molecule has 8 nitrogen and oxygen atoms in total. The Morgan fingerprint density at radius 2 is 2.30 bits per heavy atom. The first kappa shape index (κ1) is 21.3. The van der Waals surface area contributed by atoms with Crippen molar-refractivity contribution in [3.05, 3.63) is 36.9 Å². The van der Waals surface area contributed by atoms with Crippen molar-refractivity contribution in [2.45, 2.75) is 18.9 Å². The van der Waals surface area contributed by atoms with Crippen LogP contribution < -0.4 is 20.3 Å². The van der Waals surface area contributed by atoms with Crippen LogP contribution in [0.4, 0.5) is 5.69 Å². The summed E-state index contributed by atoms with van der Waals surface area (Å²) >= 11 is 0. The summed E-state index contributed by atoms with van der Waals surface area (Å²) in [6, 6.07) is 4.12. The molecule has 1 aliphatic rings. The standard InChI is InChI=1S/C18H27N7O.HI/c1-19-18(21-8-10-26-17-6-3-7-20-12-17)23-15-5-4-9-25(13-15)16-11-22-24(2)14-16;/h3,6-7,11-12,14-15H,4-5,8-10,13H2,1-2H3,(H2,19,21,23);1H. The molecule has 0 aliphatic carbocycles. The molecule has 148 valence electrons. The normalized spacial score (nSPS) is 17.2. The van der Waals surface area contributed by atoms with Crippen LogP contribution in [0, 0.1) is 0 Å². The molecule has 27 heavy (non-hydrogen) atoms. The van der Waals surface area contributed by atoms with Crippen molar-refractivity contribution >= 4 is 35.6 Å². The fourth-order valence-electron chi connectivity index (χ4n) is 3.06. The Kier molecular flexibility index (Phi) is 8.62. The van der Waals surface area contributed by atoms with Crippen LogP contribution in [0.15, 0.2) is 41.9 Å². The maximum atomic E-state index is 5.64. The molecule has 2 aromatic heterocycles. The van der Waals surface area contributed by atoms with Gasteiger partial charge >= 0.3 is 0 Å². The van der Waals surface area contributed by atoms with Gasteiger partial charge in [-0.15, -0.1) is 24.0 Å². The monoisotopic (exact) mass is 485 g/mol. The molecular weight excluding hydrogens is 457 g/mol. The number of aryl methyl sites for hydroxylation is 1. The Hall–Kier alpha value is -2.04. The summed E-state index contributed by atoms with van der Waals surface area (Å²) in [5.41, 5.74) is 1.17. The highest BCUT2D eigenvalue weighted by Crippen LogP contribution is 2.18. The average molecular weight is 485 g/mol. The molecule has 0 amide bonds. The largest absolute Gasteiger partial charge is 0.490 e. The minimum absolute atomic E-state index is 0. The van der Waals surface area contributed by atoms with Crippen LogP contribution in [0.25, 0.3) is 0 Å². The molecule has 0 radical (unpaired) electrons. The van der Waals surface area contributed by atoms with Crippen LogP contribution in [0.2, 0.25) is 0 Å². The maximum absolute atomic E-state index is 5.64. The van der Waals surface area contributed by atoms with Crippen LogP contribution >= 0.6 is 24.0 Å². The number of hydrogen-bond donors (Lipinski definition) is 2. The van der Waals surface area contributed by atoms with Gasteiger partial charge in [0.2, 0.25) is 0 Å². The number of hydrogen-bond acceptors (Lipinski definition) is 5. The Morgan fingerprint density at radius 3 is 3.00 bits per heavy atom. The molecule has 0 aromatic carbocycles. The predicted octanol–water partition coefficient (Wildman–Crippen LogP) is 1.65. The van der Waals surface area contributed by atoms with Crippen LogP contribution in [0.1, 0.15) is 12.8 Å². The van der Waals surface area contributed by atoms with E-state index < -0.39 is 0 Å². The van der Waals surface area contributed by atoms with Crippen molar-refractivity contribution in [3.63, 3.8) is 0 Å². The minimum atomic E-state index is 0. The smallest absolute Gasteiger partial charge is 0.191 e. The SMILES string of the molecule is CN=C(NCCOc1cccnc1)NC1CCCN(c2cnn(C)c2)C1.I. The third-order valence-corrected chi connectivity index (χ3v) is 4.34. The van der Waals surface area contributed by atoms with Crippen molar-refractivity contribution in [1.29, 1.82) is 0 Å². The molecule has 3 heterocycles. The topological polar surface area (TPSA) is 79.6 Å². The number of guanidine groups is 1. The first-order chi connectivity index (χ1) is 12.7. The number of anilines is 1. The molecule has 0 spiro atoms. The van der Waals surface area contributed by atoms with Crippen LogP contribution in [-0.4, -0.2) is 60.1 Å². The van der Waals surface area contributed by atoms with Crippen molar-refractivity contribution in [2.75, 3.05) is 38.2 Å². The second kappa shape index (κ2) is 11.0. The lowest BCUT2D eigenvalue weighted by molar-refractivity contribution is 0.320. The third kappa shape index (κ3) is 6.56. The van der Waals surface area contributed by atoms with Gasteiger partial charge in [0.15, 0.2) is 5.96 Å². The molecule has 1 aliphatic heterocycles. The zero-order chi connectivity index (χ0) is 18.2. The van der Waals surface area contributed by atoms with E-state index in [9.17, 15) is 0 Å². The van der Waals surface area contributed by atoms with E-state index in [0.717, 1.165) is 37.6 Å². The summed E-state index contributed by atoms with van der Waals surface area (Å²) in [6.07, 6.45) is 9.70. The van der Waals surface area contributed by atoms with Gasteiger partial charge in [-0.3, -0.25) is 14.7 Å². The molecule has 1 atom stereocenters. The Balaban J connectivity index is 0.00000261. The lowest BCUT2D eigenvalue weighted by Crippen LogP contribution is -2.51. The predicted molar refractivity (Wildman–Crippen MR) is 118 cm³/mol. The molecule has 1 saturated heterocycles. The fraction of sp³-hybridized carbons (Fsp3) is 0.500. The zero-order valence-corrected chi connectivity index (χ0v) is 18.2. The molecule has 1 unspecified atom stereocenters. The number of ether oxygens (including phenoxy) is 1. The summed E-state index contributed by atoms with van der Waals surface area (Å²) in [5, 5.41) is 11.1. The average Bonchev–Trinajstić information content (AvgIpc) is 3.12. The van der Waals surface area contributed by atoms with E-state index in [2.05, 4.69) is 36.8 Å². The number of aliphatic imine (C=N–C) groups is 1. The number of halogens is 1. The molecule has 3 rings (SSSR count). The highest BCUT2D eigenvalue weighted by atomic mass is 127. The molecule has 2 aromatic rings. The summed E-state index contributed by atoms with van der Waals surface area (Å²) in [6.45, 7) is 3.24. The highest BCUT2D eigenvalue weighted by Gasteiger charge is 2.21. The maximum Gasteiger partial charge on any atom is 0.191 e. The summed E-state index contributed by atoms with van der Waals surface area (Å²) < 4.78 is 7.49. The summed E-state index contributed by atoms with van der Waals surface area (Å²) in [7, 11) is 3.74. The van der Waals surface area contributed by atoms with E-state index in [4.69, 9.17) is 4.74 Å². The quantitative estimate of drug-likeness (QED) is 0.281. The van der Waals surface area contributed by atoms with Crippen molar-refractivity contribution in [2.24, 2.45) is 12.0 Å². The molecule has 2 N–H and O–H groups in total. The lowest BCUT2D eigenvalue weighted by Gasteiger charge is -2.34. The van der Waals surface area contributed by atoms with Crippen LogP contribution in [0.5, 0.6) is 5.75 Å². The van der Waals surface area contributed by atoms with E-state index in [0.29, 0.717) is 19.2 Å². The van der Waals surface area contributed by atoms with Gasteiger partial charge in [-0.1, -0.05) is 0 Å².